The van der Waals surface area contributed by atoms with Crippen molar-refractivity contribution in [1.82, 2.24) is 14.8 Å². The first kappa shape index (κ1) is 25.6. The highest BCUT2D eigenvalue weighted by Crippen LogP contribution is 2.42. The number of nitrogen functional groups attached to an aromatic ring is 1. The zero-order valence-corrected chi connectivity index (χ0v) is 23.0. The number of nitrogens with two attached hydrogens (primary N) is 1. The minimum atomic E-state index is -0.170. The molecule has 8 nitrogen and oxygen atoms in total. The van der Waals surface area contributed by atoms with E-state index in [2.05, 4.69) is 24.3 Å². The van der Waals surface area contributed by atoms with Gasteiger partial charge in [0.15, 0.2) is 5.76 Å². The lowest BCUT2D eigenvalue weighted by Crippen LogP contribution is -2.50. The second-order valence-electron chi connectivity index (χ2n) is 9.74. The Morgan fingerprint density at radius 2 is 1.57 bits per heavy atom. The number of piperazine rings is 1. The van der Waals surface area contributed by atoms with Gasteiger partial charge in [-0.25, -0.2) is 4.98 Å². The van der Waals surface area contributed by atoms with E-state index in [1.165, 1.54) is 17.6 Å². The van der Waals surface area contributed by atoms with Gasteiger partial charge in [0.1, 0.15) is 15.5 Å². The lowest BCUT2D eigenvalue weighted by molar-refractivity contribution is 0.0521. The highest BCUT2D eigenvalue weighted by molar-refractivity contribution is 7.21. The summed E-state index contributed by atoms with van der Waals surface area (Å²) < 4.78 is 10.6. The SMILES string of the molecule is COc1ccc(-c2cc(-c3ccc(C)cc3)c3c(N)c(C(=O)N4CCN(C(=O)c5ccco5)CC4)sc3n2)cc1. The van der Waals surface area contributed by atoms with Crippen LogP contribution in [0.25, 0.3) is 32.6 Å². The molecule has 0 unspecified atom stereocenters. The van der Waals surface area contributed by atoms with Crippen LogP contribution in [0.1, 0.15) is 25.8 Å². The van der Waals surface area contributed by atoms with Gasteiger partial charge in [-0.2, -0.15) is 0 Å². The maximum atomic E-state index is 13.7. The van der Waals surface area contributed by atoms with Crippen LogP contribution in [0.2, 0.25) is 0 Å². The number of amides is 2. The lowest BCUT2D eigenvalue weighted by atomic mass is 9.98. The molecule has 0 bridgehead atoms. The van der Waals surface area contributed by atoms with Gasteiger partial charge in [-0.3, -0.25) is 9.59 Å². The van der Waals surface area contributed by atoms with Crippen LogP contribution in [0.3, 0.4) is 0 Å². The molecular weight excluding hydrogens is 524 g/mol. The molecule has 1 fully saturated rings. The number of thiophene rings is 1. The van der Waals surface area contributed by atoms with E-state index in [1.54, 1.807) is 29.0 Å². The first-order valence-electron chi connectivity index (χ1n) is 13.0. The molecule has 2 aromatic carbocycles. The number of rotatable bonds is 5. The average Bonchev–Trinajstić information content (AvgIpc) is 3.65. The van der Waals surface area contributed by atoms with Crippen LogP contribution in [-0.4, -0.2) is 59.9 Å². The van der Waals surface area contributed by atoms with Crippen LogP contribution >= 0.6 is 11.3 Å². The highest BCUT2D eigenvalue weighted by Gasteiger charge is 2.30. The molecule has 1 aliphatic heterocycles. The van der Waals surface area contributed by atoms with Gasteiger partial charge in [0.05, 0.1) is 24.8 Å². The highest BCUT2D eigenvalue weighted by atomic mass is 32.1. The largest absolute Gasteiger partial charge is 0.497 e. The number of furan rings is 1. The summed E-state index contributed by atoms with van der Waals surface area (Å²) in [5.41, 5.74) is 12.0. The zero-order valence-electron chi connectivity index (χ0n) is 22.2. The monoisotopic (exact) mass is 552 g/mol. The van der Waals surface area contributed by atoms with Crippen molar-refractivity contribution in [1.29, 1.82) is 0 Å². The molecule has 9 heteroatoms. The second kappa shape index (κ2) is 10.5. The van der Waals surface area contributed by atoms with Gasteiger partial charge in [0.25, 0.3) is 11.8 Å². The van der Waals surface area contributed by atoms with Crippen molar-refractivity contribution in [2.45, 2.75) is 6.92 Å². The molecule has 1 saturated heterocycles. The molecule has 0 spiro atoms. The Labute approximate surface area is 235 Å². The van der Waals surface area contributed by atoms with E-state index in [1.807, 2.05) is 37.3 Å². The Morgan fingerprint density at radius 1 is 0.925 bits per heavy atom. The standard InChI is InChI=1S/C31H28N4O4S/c1-19-5-7-20(8-6-19)23-18-24(21-9-11-22(38-2)12-10-21)33-29-26(23)27(32)28(40-29)31(37)35-15-13-34(14-16-35)30(36)25-4-3-17-39-25/h3-12,17-18H,13-16,32H2,1-2H3. The summed E-state index contributed by atoms with van der Waals surface area (Å²) in [4.78, 5) is 35.9. The summed E-state index contributed by atoms with van der Waals surface area (Å²) in [5.74, 6) is 0.752. The third kappa shape index (κ3) is 4.69. The van der Waals surface area contributed by atoms with Gasteiger partial charge in [-0.15, -0.1) is 11.3 Å². The molecule has 6 rings (SSSR count). The number of methoxy groups -OCH3 is 1. The average molecular weight is 553 g/mol. The number of nitrogens with zero attached hydrogens (tertiary/aromatic N) is 3. The fraction of sp³-hybridized carbons (Fsp3) is 0.194. The summed E-state index contributed by atoms with van der Waals surface area (Å²) in [5, 5.41) is 0.779. The third-order valence-corrected chi connectivity index (χ3v) is 8.32. The zero-order chi connectivity index (χ0) is 27.8. The predicted octanol–water partition coefficient (Wildman–Crippen LogP) is 5.72. The predicted molar refractivity (Wildman–Crippen MR) is 157 cm³/mol. The van der Waals surface area contributed by atoms with E-state index in [4.69, 9.17) is 19.9 Å². The number of anilines is 1. The van der Waals surface area contributed by atoms with Crippen molar-refractivity contribution in [2.24, 2.45) is 0 Å². The smallest absolute Gasteiger partial charge is 0.289 e. The van der Waals surface area contributed by atoms with Gasteiger partial charge < -0.3 is 24.7 Å². The van der Waals surface area contributed by atoms with E-state index < -0.39 is 0 Å². The second-order valence-corrected chi connectivity index (χ2v) is 10.7. The molecule has 202 valence electrons. The van der Waals surface area contributed by atoms with Crippen molar-refractivity contribution in [3.63, 3.8) is 0 Å². The number of benzene rings is 2. The number of carbonyl (C=O) groups is 2. The minimum absolute atomic E-state index is 0.147. The first-order valence-corrected chi connectivity index (χ1v) is 13.8. The number of hydrogen-bond donors (Lipinski definition) is 1. The van der Waals surface area contributed by atoms with Gasteiger partial charge in [0.2, 0.25) is 0 Å². The van der Waals surface area contributed by atoms with Gasteiger partial charge in [-0.05, 0) is 60.5 Å². The fourth-order valence-electron chi connectivity index (χ4n) is 4.96. The van der Waals surface area contributed by atoms with Crippen molar-refractivity contribution >= 4 is 39.1 Å². The van der Waals surface area contributed by atoms with Crippen LogP contribution in [0, 0.1) is 6.92 Å². The normalized spacial score (nSPS) is 13.6. The Balaban J connectivity index is 1.35. The minimum Gasteiger partial charge on any atom is -0.497 e. The molecule has 0 radical (unpaired) electrons. The van der Waals surface area contributed by atoms with Crippen LogP contribution in [0.5, 0.6) is 5.75 Å². The Kier molecular flexibility index (Phi) is 6.73. The van der Waals surface area contributed by atoms with E-state index in [0.29, 0.717) is 47.3 Å². The van der Waals surface area contributed by atoms with E-state index >= 15 is 0 Å². The Hall–Kier alpha value is -4.63. The maximum Gasteiger partial charge on any atom is 0.289 e. The van der Waals surface area contributed by atoms with E-state index in [9.17, 15) is 9.59 Å². The number of fused-ring (bicyclic) bond motifs is 1. The summed E-state index contributed by atoms with van der Waals surface area (Å²) in [6.07, 6.45) is 1.48. The molecule has 1 aliphatic rings. The first-order chi connectivity index (χ1) is 19.4. The number of carbonyl (C=O) groups excluding carboxylic acids is 2. The van der Waals surface area contributed by atoms with Crippen molar-refractivity contribution in [3.05, 3.63) is 89.2 Å². The summed E-state index contributed by atoms with van der Waals surface area (Å²) in [7, 11) is 1.64. The molecule has 0 saturated carbocycles. The number of aromatic nitrogens is 1. The number of ether oxygens (including phenoxy) is 1. The van der Waals surface area contributed by atoms with Crippen molar-refractivity contribution < 1.29 is 18.7 Å². The molecule has 5 aromatic rings. The molecule has 0 aliphatic carbocycles. The Bertz CT molecular complexity index is 1680. The van der Waals surface area contributed by atoms with Crippen molar-refractivity contribution in [2.75, 3.05) is 39.0 Å². The maximum absolute atomic E-state index is 13.7. The quantitative estimate of drug-likeness (QED) is 0.299. The molecule has 0 atom stereocenters. The number of hydrogen-bond acceptors (Lipinski definition) is 7. The lowest BCUT2D eigenvalue weighted by Gasteiger charge is -2.34. The van der Waals surface area contributed by atoms with Crippen LogP contribution in [0.15, 0.2) is 77.4 Å². The van der Waals surface area contributed by atoms with E-state index in [-0.39, 0.29) is 11.8 Å². The van der Waals surface area contributed by atoms with Gasteiger partial charge in [-0.1, -0.05) is 29.8 Å². The van der Waals surface area contributed by atoms with Crippen LogP contribution in [-0.2, 0) is 0 Å². The van der Waals surface area contributed by atoms with E-state index in [0.717, 1.165) is 39.1 Å². The molecule has 3 aromatic heterocycles. The van der Waals surface area contributed by atoms with Gasteiger partial charge >= 0.3 is 0 Å². The molecule has 40 heavy (non-hydrogen) atoms. The Morgan fingerprint density at radius 3 is 2.20 bits per heavy atom. The topological polar surface area (TPSA) is 102 Å². The van der Waals surface area contributed by atoms with Gasteiger partial charge in [0, 0.05) is 37.1 Å². The molecular formula is C31H28N4O4S. The fourth-order valence-corrected chi connectivity index (χ4v) is 6.05. The van der Waals surface area contributed by atoms with Crippen LogP contribution < -0.4 is 10.5 Å². The number of aryl methyl sites for hydroxylation is 1. The molecule has 4 heterocycles. The summed E-state index contributed by atoms with van der Waals surface area (Å²) in [6, 6.07) is 21.4. The van der Waals surface area contributed by atoms with Crippen molar-refractivity contribution in [3.8, 4) is 28.1 Å². The third-order valence-electron chi connectivity index (χ3n) is 7.23. The molecule has 2 N–H and O–H groups in total. The summed E-state index contributed by atoms with van der Waals surface area (Å²) >= 11 is 1.31. The molecule has 2 amide bonds. The van der Waals surface area contributed by atoms with Crippen LogP contribution in [0.4, 0.5) is 5.69 Å². The number of pyridine rings is 1. The summed E-state index contributed by atoms with van der Waals surface area (Å²) in [6.45, 7) is 3.71.